The highest BCUT2D eigenvalue weighted by Crippen LogP contribution is 2.44. The standard InChI is InChI=1S/C35H46O11/c1-21-27(38-17-23-13-9-7-10-14-23)28(39-18-24-15-11-8-12-16-24)25(19-37-22(2)36)41-32(21)40-20-26-29-30(44-34(3,4)43-29)31-33(42-26)46-35(5,6)45-31/h7-16,21,25-33H,17-20H2,1-6H3/t21?,25?,26?,27-,28+,29-,30-,31?,32?,33+/m0/s1. The second kappa shape index (κ2) is 14.0. The Kier molecular flexibility index (Phi) is 10.1. The van der Waals surface area contributed by atoms with Gasteiger partial charge in [0, 0.05) is 12.8 Å². The molecule has 4 aliphatic heterocycles. The second-order valence-electron chi connectivity index (χ2n) is 13.3. The molecule has 10 atom stereocenters. The van der Waals surface area contributed by atoms with Crippen LogP contribution in [0.25, 0.3) is 0 Å². The number of fused-ring (bicyclic) bond motifs is 3. The van der Waals surface area contributed by atoms with E-state index >= 15 is 0 Å². The Morgan fingerprint density at radius 2 is 1.24 bits per heavy atom. The number of hydrogen-bond acceptors (Lipinski definition) is 11. The minimum absolute atomic E-state index is 0.0215. The molecule has 0 bridgehead atoms. The van der Waals surface area contributed by atoms with Gasteiger partial charge in [0.2, 0.25) is 0 Å². The van der Waals surface area contributed by atoms with Crippen LogP contribution in [0, 0.1) is 5.92 Å². The molecule has 4 aliphatic rings. The van der Waals surface area contributed by atoms with Gasteiger partial charge in [0.15, 0.2) is 24.2 Å². The van der Waals surface area contributed by atoms with Crippen LogP contribution in [0.3, 0.4) is 0 Å². The zero-order valence-corrected chi connectivity index (χ0v) is 27.4. The first-order chi connectivity index (χ1) is 22.0. The molecule has 11 nitrogen and oxygen atoms in total. The van der Waals surface area contributed by atoms with E-state index in [-0.39, 0.29) is 19.1 Å². The molecule has 4 fully saturated rings. The minimum atomic E-state index is -0.828. The van der Waals surface area contributed by atoms with Crippen LogP contribution in [0.5, 0.6) is 0 Å². The number of carbonyl (C=O) groups excluding carboxylic acids is 1. The van der Waals surface area contributed by atoms with Crippen LogP contribution < -0.4 is 0 Å². The summed E-state index contributed by atoms with van der Waals surface area (Å²) in [5.41, 5.74) is 2.03. The van der Waals surface area contributed by atoms with Crippen LogP contribution >= 0.6 is 0 Å². The van der Waals surface area contributed by atoms with E-state index in [9.17, 15) is 4.79 Å². The van der Waals surface area contributed by atoms with Crippen molar-refractivity contribution in [2.45, 2.75) is 122 Å². The molecule has 4 saturated heterocycles. The molecular weight excluding hydrogens is 596 g/mol. The topological polar surface area (TPSA) is 109 Å². The van der Waals surface area contributed by atoms with Gasteiger partial charge in [0.1, 0.15) is 43.2 Å². The lowest BCUT2D eigenvalue weighted by atomic mass is 9.91. The van der Waals surface area contributed by atoms with Gasteiger partial charge in [-0.3, -0.25) is 4.79 Å². The monoisotopic (exact) mass is 642 g/mol. The van der Waals surface area contributed by atoms with Gasteiger partial charge in [-0.15, -0.1) is 0 Å². The molecule has 0 aliphatic carbocycles. The van der Waals surface area contributed by atoms with Gasteiger partial charge in [-0.25, -0.2) is 0 Å². The zero-order chi connectivity index (χ0) is 32.5. The van der Waals surface area contributed by atoms with Gasteiger partial charge in [0.05, 0.1) is 25.9 Å². The van der Waals surface area contributed by atoms with Crippen molar-refractivity contribution in [2.75, 3.05) is 13.2 Å². The van der Waals surface area contributed by atoms with E-state index in [1.807, 2.05) is 95.3 Å². The Balaban J connectivity index is 1.20. The van der Waals surface area contributed by atoms with Crippen LogP contribution in [0.4, 0.5) is 0 Å². The Labute approximate surface area is 270 Å². The number of rotatable bonds is 11. The first-order valence-electron chi connectivity index (χ1n) is 16.1. The molecule has 0 aromatic heterocycles. The summed E-state index contributed by atoms with van der Waals surface area (Å²) in [7, 11) is 0. The lowest BCUT2D eigenvalue weighted by molar-refractivity contribution is -0.314. The van der Waals surface area contributed by atoms with E-state index in [1.165, 1.54) is 6.92 Å². The Morgan fingerprint density at radius 3 is 1.87 bits per heavy atom. The smallest absolute Gasteiger partial charge is 0.302 e. The molecule has 2 aromatic carbocycles. The molecule has 6 rings (SSSR count). The quantitative estimate of drug-likeness (QED) is 0.324. The normalized spacial score (nSPS) is 36.1. The van der Waals surface area contributed by atoms with E-state index < -0.39 is 72.9 Å². The summed E-state index contributed by atoms with van der Waals surface area (Å²) in [6.45, 7) is 11.6. The summed E-state index contributed by atoms with van der Waals surface area (Å²) in [6, 6.07) is 19.8. The molecule has 11 heteroatoms. The third-order valence-corrected chi connectivity index (χ3v) is 8.64. The highest BCUT2D eigenvalue weighted by molar-refractivity contribution is 5.65. The molecule has 0 N–H and O–H groups in total. The summed E-state index contributed by atoms with van der Waals surface area (Å²) < 4.78 is 62.6. The third-order valence-electron chi connectivity index (χ3n) is 8.64. The molecule has 252 valence electrons. The molecule has 0 saturated carbocycles. The Morgan fingerprint density at radius 1 is 0.674 bits per heavy atom. The largest absolute Gasteiger partial charge is 0.463 e. The summed E-state index contributed by atoms with van der Waals surface area (Å²) in [5.74, 6) is -2.34. The van der Waals surface area contributed by atoms with Gasteiger partial charge < -0.3 is 47.4 Å². The maximum atomic E-state index is 11.9. The Hall–Kier alpha value is -2.45. The van der Waals surface area contributed by atoms with Crippen molar-refractivity contribution in [3.8, 4) is 0 Å². The lowest BCUT2D eigenvalue weighted by Crippen LogP contribution is -2.59. The van der Waals surface area contributed by atoms with Crippen molar-refractivity contribution in [3.05, 3.63) is 71.8 Å². The van der Waals surface area contributed by atoms with Crippen molar-refractivity contribution in [1.82, 2.24) is 0 Å². The number of ether oxygens (including phenoxy) is 10. The van der Waals surface area contributed by atoms with Crippen LogP contribution in [0.1, 0.15) is 52.7 Å². The molecule has 46 heavy (non-hydrogen) atoms. The van der Waals surface area contributed by atoms with Crippen LogP contribution in [-0.4, -0.2) is 86.1 Å². The van der Waals surface area contributed by atoms with Crippen molar-refractivity contribution >= 4 is 5.97 Å². The van der Waals surface area contributed by atoms with Crippen molar-refractivity contribution in [2.24, 2.45) is 5.92 Å². The molecule has 0 radical (unpaired) electrons. The van der Waals surface area contributed by atoms with Crippen molar-refractivity contribution < 1.29 is 52.2 Å². The summed E-state index contributed by atoms with van der Waals surface area (Å²) in [4.78, 5) is 11.9. The second-order valence-corrected chi connectivity index (χ2v) is 13.3. The van der Waals surface area contributed by atoms with Gasteiger partial charge in [-0.2, -0.15) is 0 Å². The summed E-state index contributed by atoms with van der Waals surface area (Å²) >= 11 is 0. The van der Waals surface area contributed by atoms with Crippen molar-refractivity contribution in [3.63, 3.8) is 0 Å². The number of hydrogen-bond donors (Lipinski definition) is 0. The van der Waals surface area contributed by atoms with E-state index in [2.05, 4.69) is 0 Å². The number of esters is 1. The maximum absolute atomic E-state index is 11.9. The minimum Gasteiger partial charge on any atom is -0.463 e. The molecule has 5 unspecified atom stereocenters. The van der Waals surface area contributed by atoms with Gasteiger partial charge in [-0.05, 0) is 38.8 Å². The first-order valence-corrected chi connectivity index (χ1v) is 16.1. The average Bonchev–Trinajstić information content (AvgIpc) is 3.52. The molecular formula is C35H46O11. The fourth-order valence-corrected chi connectivity index (χ4v) is 6.56. The predicted octanol–water partition coefficient (Wildman–Crippen LogP) is 4.49. The summed E-state index contributed by atoms with van der Waals surface area (Å²) in [5, 5.41) is 0. The molecule has 4 heterocycles. The van der Waals surface area contributed by atoms with Gasteiger partial charge in [0.25, 0.3) is 0 Å². The molecule has 0 amide bonds. The number of benzene rings is 2. The zero-order valence-electron chi connectivity index (χ0n) is 27.4. The van der Waals surface area contributed by atoms with Crippen LogP contribution in [0.15, 0.2) is 60.7 Å². The fourth-order valence-electron chi connectivity index (χ4n) is 6.56. The van der Waals surface area contributed by atoms with Gasteiger partial charge >= 0.3 is 5.97 Å². The van der Waals surface area contributed by atoms with Crippen LogP contribution in [0.2, 0.25) is 0 Å². The highest BCUT2D eigenvalue weighted by atomic mass is 16.9. The Bertz CT molecular complexity index is 1290. The van der Waals surface area contributed by atoms with E-state index in [4.69, 9.17) is 47.4 Å². The van der Waals surface area contributed by atoms with E-state index in [0.717, 1.165) is 11.1 Å². The van der Waals surface area contributed by atoms with Crippen molar-refractivity contribution in [1.29, 1.82) is 0 Å². The number of carbonyl (C=O) groups is 1. The first kappa shape index (κ1) is 33.5. The summed E-state index contributed by atoms with van der Waals surface area (Å²) in [6.07, 6.45) is -4.83. The van der Waals surface area contributed by atoms with Crippen LogP contribution in [-0.2, 0) is 65.4 Å². The SMILES string of the molecule is CC(=O)OCC1OC(OCC2O[C@@H]3OC(C)(C)OC3[C@H]3OC(C)(C)O[C@@H]23)C(C)[C@H](OCc2ccccc2)[C@@H]1OCc1ccccc1. The van der Waals surface area contributed by atoms with Gasteiger partial charge in [-0.1, -0.05) is 67.6 Å². The average molecular weight is 643 g/mol. The van der Waals surface area contributed by atoms with E-state index in [0.29, 0.717) is 13.2 Å². The third kappa shape index (κ3) is 7.81. The van der Waals surface area contributed by atoms with E-state index in [1.54, 1.807) is 0 Å². The molecule has 2 aromatic rings. The predicted molar refractivity (Wildman–Crippen MR) is 163 cm³/mol. The fraction of sp³-hybridized carbons (Fsp3) is 0.629. The molecule has 0 spiro atoms. The lowest BCUT2D eigenvalue weighted by Gasteiger charge is -2.45. The maximum Gasteiger partial charge on any atom is 0.302 e. The highest BCUT2D eigenvalue weighted by Gasteiger charge is 2.61.